The number of nitrogens with zero attached hydrogens (tertiary/aromatic N) is 2. The van der Waals surface area contributed by atoms with Gasteiger partial charge in [0.05, 0.1) is 6.61 Å². The van der Waals surface area contributed by atoms with Crippen molar-refractivity contribution < 1.29 is 4.74 Å². The predicted molar refractivity (Wildman–Crippen MR) is 88.2 cm³/mol. The van der Waals surface area contributed by atoms with Gasteiger partial charge in [-0.1, -0.05) is 24.3 Å². The molecular formula is C16H16BrN3O. The molecule has 2 heterocycles. The number of fused-ring (bicyclic) bond motifs is 1. The lowest BCUT2D eigenvalue weighted by molar-refractivity contribution is 0.185. The first-order valence-electron chi connectivity index (χ1n) is 6.62. The number of aryl methyl sites for hydroxylation is 1. The number of nitrogens with two attached hydrogens (primary N) is 1. The number of halogens is 1. The molecule has 0 atom stereocenters. The van der Waals surface area contributed by atoms with Gasteiger partial charge in [0.2, 0.25) is 0 Å². The van der Waals surface area contributed by atoms with Crippen molar-refractivity contribution in [1.29, 1.82) is 0 Å². The number of rotatable bonds is 3. The maximum absolute atomic E-state index is 6.31. The van der Waals surface area contributed by atoms with Crippen molar-refractivity contribution in [3.63, 3.8) is 0 Å². The second-order valence-corrected chi connectivity index (χ2v) is 5.89. The summed E-state index contributed by atoms with van der Waals surface area (Å²) in [4.78, 5) is 4.73. The summed E-state index contributed by atoms with van der Waals surface area (Å²) in [6.07, 6.45) is 1.94. The maximum atomic E-state index is 6.31. The molecule has 3 rings (SSSR count). The molecule has 0 unspecified atom stereocenters. The molecule has 4 nitrogen and oxygen atoms in total. The molecule has 5 heteroatoms. The van der Waals surface area contributed by atoms with Crippen molar-refractivity contribution in [3.05, 3.63) is 52.1 Å². The summed E-state index contributed by atoms with van der Waals surface area (Å²) < 4.78 is 8.16. The smallest absolute Gasteiger partial charge is 0.142 e. The number of pyridine rings is 1. The number of imidazole rings is 1. The summed E-state index contributed by atoms with van der Waals surface area (Å²) in [5, 5.41) is 0. The molecule has 0 radical (unpaired) electrons. The minimum Gasteiger partial charge on any atom is -0.383 e. The molecule has 0 saturated heterocycles. The summed E-state index contributed by atoms with van der Waals surface area (Å²) in [7, 11) is 1.69. The van der Waals surface area contributed by atoms with Crippen molar-refractivity contribution in [2.24, 2.45) is 0 Å². The van der Waals surface area contributed by atoms with Gasteiger partial charge in [0.15, 0.2) is 0 Å². The van der Waals surface area contributed by atoms with Gasteiger partial charge >= 0.3 is 0 Å². The van der Waals surface area contributed by atoms with Gasteiger partial charge in [-0.25, -0.2) is 4.98 Å². The number of nitrogen functional groups attached to an aromatic ring is 1. The van der Waals surface area contributed by atoms with Crippen LogP contribution in [0.4, 0.5) is 5.82 Å². The fourth-order valence-corrected chi connectivity index (χ4v) is 3.07. The van der Waals surface area contributed by atoms with E-state index in [0.717, 1.165) is 32.5 Å². The lowest BCUT2D eigenvalue weighted by atomic mass is 10.1. The third-order valence-corrected chi connectivity index (χ3v) is 3.91. The van der Waals surface area contributed by atoms with Crippen LogP contribution < -0.4 is 5.73 Å². The van der Waals surface area contributed by atoms with Crippen molar-refractivity contribution in [3.8, 4) is 11.3 Å². The first-order valence-corrected chi connectivity index (χ1v) is 7.42. The Labute approximate surface area is 131 Å². The molecule has 2 aromatic heterocycles. The number of hydrogen-bond donors (Lipinski definition) is 1. The van der Waals surface area contributed by atoms with E-state index in [2.05, 4.69) is 15.9 Å². The van der Waals surface area contributed by atoms with Crippen LogP contribution in [0.3, 0.4) is 0 Å². The van der Waals surface area contributed by atoms with E-state index in [1.54, 1.807) is 7.11 Å². The van der Waals surface area contributed by atoms with Crippen molar-refractivity contribution in [2.75, 3.05) is 12.8 Å². The third-order valence-electron chi connectivity index (χ3n) is 3.48. The van der Waals surface area contributed by atoms with Crippen LogP contribution in [0, 0.1) is 6.92 Å². The number of benzene rings is 1. The van der Waals surface area contributed by atoms with Gasteiger partial charge in [-0.2, -0.15) is 0 Å². The molecule has 108 valence electrons. The summed E-state index contributed by atoms with van der Waals surface area (Å²) >= 11 is 3.50. The standard InChI is InChI=1S/C16H16BrN3O/c1-10-7-12(17)8-20-15(18)14(19-16(10)20)13-6-4-3-5-11(13)9-21-2/h3-8H,9,18H2,1-2H3. The summed E-state index contributed by atoms with van der Waals surface area (Å²) in [6.45, 7) is 2.56. The zero-order chi connectivity index (χ0) is 15.0. The van der Waals surface area contributed by atoms with Crippen LogP contribution in [0.2, 0.25) is 0 Å². The Balaban J connectivity index is 2.27. The van der Waals surface area contributed by atoms with Crippen LogP contribution in [0.5, 0.6) is 0 Å². The van der Waals surface area contributed by atoms with Gasteiger partial charge in [0.1, 0.15) is 17.2 Å². The predicted octanol–water partition coefficient (Wildman–Crippen LogP) is 3.80. The first kappa shape index (κ1) is 14.1. The van der Waals surface area contributed by atoms with Crippen molar-refractivity contribution >= 4 is 27.4 Å². The summed E-state index contributed by atoms with van der Waals surface area (Å²) in [5.41, 5.74) is 11.1. The lowest BCUT2D eigenvalue weighted by Gasteiger charge is -2.07. The van der Waals surface area contributed by atoms with E-state index in [-0.39, 0.29) is 0 Å². The van der Waals surface area contributed by atoms with Crippen LogP contribution >= 0.6 is 15.9 Å². The topological polar surface area (TPSA) is 52.5 Å². The summed E-state index contributed by atoms with van der Waals surface area (Å²) in [6, 6.07) is 10.1. The lowest BCUT2D eigenvalue weighted by Crippen LogP contribution is -1.97. The largest absolute Gasteiger partial charge is 0.383 e. The van der Waals surface area contributed by atoms with Crippen molar-refractivity contribution in [2.45, 2.75) is 13.5 Å². The van der Waals surface area contributed by atoms with Gasteiger partial charge in [-0.05, 0) is 40.0 Å². The van der Waals surface area contributed by atoms with Gasteiger partial charge in [0.25, 0.3) is 0 Å². The van der Waals surface area contributed by atoms with Crippen molar-refractivity contribution in [1.82, 2.24) is 9.38 Å². The molecule has 0 aliphatic rings. The van der Waals surface area contributed by atoms with E-state index < -0.39 is 0 Å². The molecular weight excluding hydrogens is 330 g/mol. The fourth-order valence-electron chi connectivity index (χ4n) is 2.52. The second-order valence-electron chi connectivity index (χ2n) is 4.97. The van der Waals surface area contributed by atoms with Gasteiger partial charge in [-0.3, -0.25) is 4.40 Å². The number of anilines is 1. The molecule has 0 fully saturated rings. The Kier molecular flexibility index (Phi) is 3.69. The SMILES string of the molecule is COCc1ccccc1-c1nc2c(C)cc(Br)cn2c1N. The average molecular weight is 346 g/mol. The number of ether oxygens (including phenoxy) is 1. The Bertz CT molecular complexity index is 811. The molecule has 1 aromatic carbocycles. The third kappa shape index (κ3) is 2.43. The zero-order valence-corrected chi connectivity index (χ0v) is 13.5. The van der Waals surface area contributed by atoms with E-state index >= 15 is 0 Å². The number of aromatic nitrogens is 2. The normalized spacial score (nSPS) is 11.2. The molecule has 2 N–H and O–H groups in total. The van der Waals surface area contributed by atoms with E-state index in [9.17, 15) is 0 Å². The highest BCUT2D eigenvalue weighted by Crippen LogP contribution is 2.31. The van der Waals surface area contributed by atoms with Crippen LogP contribution in [-0.2, 0) is 11.3 Å². The molecule has 0 saturated carbocycles. The van der Waals surface area contributed by atoms with Gasteiger partial charge < -0.3 is 10.5 Å². The fraction of sp³-hybridized carbons (Fsp3) is 0.188. The van der Waals surface area contributed by atoms with Crippen LogP contribution in [0.1, 0.15) is 11.1 Å². The molecule has 0 aliphatic heterocycles. The maximum Gasteiger partial charge on any atom is 0.142 e. The van der Waals surface area contributed by atoms with E-state index in [1.807, 2.05) is 47.9 Å². The highest BCUT2D eigenvalue weighted by Gasteiger charge is 2.15. The molecule has 21 heavy (non-hydrogen) atoms. The minimum absolute atomic E-state index is 0.534. The minimum atomic E-state index is 0.534. The molecule has 0 aliphatic carbocycles. The van der Waals surface area contributed by atoms with E-state index in [1.165, 1.54) is 0 Å². The Morgan fingerprint density at radius 2 is 2.10 bits per heavy atom. The average Bonchev–Trinajstić information content (AvgIpc) is 2.78. The first-order chi connectivity index (χ1) is 10.1. The summed E-state index contributed by atoms with van der Waals surface area (Å²) in [5.74, 6) is 0.637. The Morgan fingerprint density at radius 3 is 2.86 bits per heavy atom. The second kappa shape index (κ2) is 5.50. The van der Waals surface area contributed by atoms with Gasteiger partial charge in [0, 0.05) is 23.3 Å². The molecule has 0 bridgehead atoms. The van der Waals surface area contributed by atoms with Gasteiger partial charge in [-0.15, -0.1) is 0 Å². The highest BCUT2D eigenvalue weighted by molar-refractivity contribution is 9.10. The van der Waals surface area contributed by atoms with E-state index in [0.29, 0.717) is 12.4 Å². The monoisotopic (exact) mass is 345 g/mol. The Morgan fingerprint density at radius 1 is 1.33 bits per heavy atom. The number of hydrogen-bond acceptors (Lipinski definition) is 3. The molecule has 3 aromatic rings. The van der Waals surface area contributed by atoms with Crippen LogP contribution in [0.15, 0.2) is 41.0 Å². The van der Waals surface area contributed by atoms with E-state index in [4.69, 9.17) is 15.5 Å². The van der Waals surface area contributed by atoms with Crippen LogP contribution in [0.25, 0.3) is 16.9 Å². The quantitative estimate of drug-likeness (QED) is 0.785. The van der Waals surface area contributed by atoms with Crippen LogP contribution in [-0.4, -0.2) is 16.5 Å². The zero-order valence-electron chi connectivity index (χ0n) is 11.9. The number of methoxy groups -OCH3 is 1. The molecule has 0 amide bonds. The Hall–Kier alpha value is -1.85. The highest BCUT2D eigenvalue weighted by atomic mass is 79.9. The molecule has 0 spiro atoms.